The van der Waals surface area contributed by atoms with E-state index in [0.29, 0.717) is 23.8 Å². The van der Waals surface area contributed by atoms with Crippen LogP contribution in [0.1, 0.15) is 16.9 Å². The molecule has 0 atom stereocenters. The Bertz CT molecular complexity index is 1080. The van der Waals surface area contributed by atoms with E-state index in [9.17, 15) is 10.1 Å². The van der Waals surface area contributed by atoms with Gasteiger partial charge >= 0.3 is 0 Å². The maximum Gasteiger partial charge on any atom is 0.294 e. The lowest BCUT2D eigenvalue weighted by Crippen LogP contribution is -2.47. The Kier molecular flexibility index (Phi) is 4.32. The monoisotopic (exact) mass is 415 g/mol. The van der Waals surface area contributed by atoms with Crippen LogP contribution in [0, 0.1) is 10.1 Å². The molecule has 3 heterocycles. The van der Waals surface area contributed by atoms with Crippen LogP contribution in [-0.2, 0) is 12.8 Å². The topological polar surface area (TPSA) is 75.4 Å². The second-order valence-corrected chi connectivity index (χ2v) is 8.62. The highest BCUT2D eigenvalue weighted by Crippen LogP contribution is 2.40. The molecule has 0 unspecified atom stereocenters. The van der Waals surface area contributed by atoms with Gasteiger partial charge in [-0.25, -0.2) is 9.97 Å². The Balaban J connectivity index is 1.42. The van der Waals surface area contributed by atoms with E-state index in [1.807, 2.05) is 0 Å². The first-order valence-electron chi connectivity index (χ1n) is 9.31. The highest BCUT2D eigenvalue weighted by molar-refractivity contribution is 7.19. The predicted molar refractivity (Wildman–Crippen MR) is 112 cm³/mol. The molecule has 0 amide bonds. The van der Waals surface area contributed by atoms with Gasteiger partial charge in [-0.1, -0.05) is 11.6 Å². The molecule has 2 aromatic heterocycles. The number of rotatable bonds is 3. The number of piperazine rings is 1. The van der Waals surface area contributed by atoms with Gasteiger partial charge in [0.2, 0.25) is 0 Å². The Morgan fingerprint density at radius 2 is 1.89 bits per heavy atom. The van der Waals surface area contributed by atoms with Crippen LogP contribution in [0.3, 0.4) is 0 Å². The van der Waals surface area contributed by atoms with Crippen molar-refractivity contribution in [1.82, 2.24) is 9.97 Å². The van der Waals surface area contributed by atoms with E-state index in [4.69, 9.17) is 11.6 Å². The SMILES string of the molecule is O=[N+]([O-])c1cc(Cl)ccc1N1CCN(c2ncnc3sc4c(c23)CCC4)CC1. The lowest BCUT2D eigenvalue weighted by atomic mass is 10.1. The van der Waals surface area contributed by atoms with Gasteiger partial charge in [0.25, 0.3) is 5.69 Å². The normalized spacial score (nSPS) is 16.6. The standard InChI is InChI=1S/C19H18ClN5O2S/c20-12-4-5-14(15(10-12)25(26)27)23-6-8-24(9-7-23)18-17-13-2-1-3-16(13)28-19(17)22-11-21-18/h4-5,10-11H,1-3,6-9H2. The molecule has 0 saturated carbocycles. The Labute approximate surface area is 170 Å². The molecule has 1 fully saturated rings. The number of benzene rings is 1. The van der Waals surface area contributed by atoms with Crippen LogP contribution in [-0.4, -0.2) is 41.1 Å². The van der Waals surface area contributed by atoms with Crippen molar-refractivity contribution in [2.75, 3.05) is 36.0 Å². The lowest BCUT2D eigenvalue weighted by Gasteiger charge is -2.36. The lowest BCUT2D eigenvalue weighted by molar-refractivity contribution is -0.384. The summed E-state index contributed by atoms with van der Waals surface area (Å²) >= 11 is 7.74. The van der Waals surface area contributed by atoms with E-state index in [-0.39, 0.29) is 10.6 Å². The van der Waals surface area contributed by atoms with E-state index in [1.54, 1.807) is 29.8 Å². The number of aryl methyl sites for hydroxylation is 2. The fourth-order valence-corrected chi connectivity index (χ4v) is 5.61. The van der Waals surface area contributed by atoms with Crippen LogP contribution in [0.15, 0.2) is 24.5 Å². The molecule has 0 bridgehead atoms. The minimum Gasteiger partial charge on any atom is -0.362 e. The Morgan fingerprint density at radius 1 is 1.11 bits per heavy atom. The minimum atomic E-state index is -0.365. The van der Waals surface area contributed by atoms with E-state index in [0.717, 1.165) is 36.6 Å². The summed E-state index contributed by atoms with van der Waals surface area (Å²) < 4.78 is 0. The molecule has 1 saturated heterocycles. The van der Waals surface area contributed by atoms with Gasteiger partial charge in [0.15, 0.2) is 0 Å². The molecular weight excluding hydrogens is 398 g/mol. The highest BCUT2D eigenvalue weighted by Gasteiger charge is 2.28. The molecule has 28 heavy (non-hydrogen) atoms. The summed E-state index contributed by atoms with van der Waals surface area (Å²) in [6.07, 6.45) is 5.11. The summed E-state index contributed by atoms with van der Waals surface area (Å²) in [5, 5.41) is 13.0. The summed E-state index contributed by atoms with van der Waals surface area (Å²) in [7, 11) is 0. The van der Waals surface area contributed by atoms with Gasteiger partial charge in [0.1, 0.15) is 22.7 Å². The van der Waals surface area contributed by atoms with Gasteiger partial charge in [0.05, 0.1) is 10.3 Å². The molecule has 1 aliphatic carbocycles. The van der Waals surface area contributed by atoms with Crippen molar-refractivity contribution in [2.24, 2.45) is 0 Å². The van der Waals surface area contributed by atoms with Gasteiger partial charge in [-0.05, 0) is 37.0 Å². The highest BCUT2D eigenvalue weighted by atomic mass is 35.5. The first-order chi connectivity index (χ1) is 13.6. The second kappa shape index (κ2) is 6.86. The van der Waals surface area contributed by atoms with Crippen molar-refractivity contribution >= 4 is 50.3 Å². The zero-order valence-electron chi connectivity index (χ0n) is 15.1. The second-order valence-electron chi connectivity index (χ2n) is 7.10. The Morgan fingerprint density at radius 3 is 2.68 bits per heavy atom. The summed E-state index contributed by atoms with van der Waals surface area (Å²) in [6.45, 7) is 2.91. The molecule has 5 rings (SSSR count). The summed E-state index contributed by atoms with van der Waals surface area (Å²) in [6, 6.07) is 4.87. The quantitative estimate of drug-likeness (QED) is 0.474. The van der Waals surface area contributed by atoms with Crippen LogP contribution in [0.4, 0.5) is 17.2 Å². The third-order valence-electron chi connectivity index (χ3n) is 5.54. The van der Waals surface area contributed by atoms with Crippen molar-refractivity contribution in [2.45, 2.75) is 19.3 Å². The number of aromatic nitrogens is 2. The smallest absolute Gasteiger partial charge is 0.294 e. The number of hydrogen-bond acceptors (Lipinski definition) is 7. The number of nitro groups is 1. The average Bonchev–Trinajstić information content (AvgIpc) is 3.29. The molecule has 0 radical (unpaired) electrons. The van der Waals surface area contributed by atoms with Crippen LogP contribution < -0.4 is 9.80 Å². The van der Waals surface area contributed by atoms with Crippen LogP contribution in [0.25, 0.3) is 10.2 Å². The van der Waals surface area contributed by atoms with E-state index in [1.165, 1.54) is 28.3 Å². The predicted octanol–water partition coefficient (Wildman–Crippen LogP) is 4.07. The molecule has 9 heteroatoms. The molecule has 1 aliphatic heterocycles. The number of hydrogen-bond donors (Lipinski definition) is 0. The molecule has 144 valence electrons. The minimum absolute atomic E-state index is 0.0565. The van der Waals surface area contributed by atoms with Gasteiger partial charge in [-0.3, -0.25) is 10.1 Å². The number of fused-ring (bicyclic) bond motifs is 3. The molecule has 0 spiro atoms. The summed E-state index contributed by atoms with van der Waals surface area (Å²) in [5.74, 6) is 1.01. The average molecular weight is 416 g/mol. The maximum absolute atomic E-state index is 11.4. The zero-order chi connectivity index (χ0) is 19.3. The van der Waals surface area contributed by atoms with Crippen LogP contribution in [0.2, 0.25) is 5.02 Å². The fourth-order valence-electron chi connectivity index (χ4n) is 4.22. The first-order valence-corrected chi connectivity index (χ1v) is 10.5. The molecule has 1 aromatic carbocycles. The largest absolute Gasteiger partial charge is 0.362 e. The van der Waals surface area contributed by atoms with E-state index in [2.05, 4.69) is 19.8 Å². The Hall–Kier alpha value is -2.45. The molecule has 0 N–H and O–H groups in total. The number of halogens is 1. The number of nitro benzene ring substituents is 1. The zero-order valence-corrected chi connectivity index (χ0v) is 16.7. The van der Waals surface area contributed by atoms with Crippen molar-refractivity contribution in [3.63, 3.8) is 0 Å². The van der Waals surface area contributed by atoms with Gasteiger partial charge in [0, 0.05) is 42.1 Å². The molecule has 2 aliphatic rings. The van der Waals surface area contributed by atoms with Gasteiger partial charge in [-0.15, -0.1) is 11.3 Å². The molecule has 7 nitrogen and oxygen atoms in total. The molecule has 3 aromatic rings. The van der Waals surface area contributed by atoms with Gasteiger partial charge < -0.3 is 9.80 Å². The van der Waals surface area contributed by atoms with Crippen LogP contribution in [0.5, 0.6) is 0 Å². The van der Waals surface area contributed by atoms with Gasteiger partial charge in [-0.2, -0.15) is 0 Å². The molecular formula is C19H18ClN5O2S. The summed E-state index contributed by atoms with van der Waals surface area (Å²) in [4.78, 5) is 27.0. The maximum atomic E-state index is 11.4. The number of thiophene rings is 1. The number of nitrogens with zero attached hydrogens (tertiary/aromatic N) is 5. The van der Waals surface area contributed by atoms with Crippen molar-refractivity contribution in [1.29, 1.82) is 0 Å². The number of anilines is 2. The third-order valence-corrected chi connectivity index (χ3v) is 6.97. The van der Waals surface area contributed by atoms with E-state index >= 15 is 0 Å². The third kappa shape index (κ3) is 2.87. The summed E-state index contributed by atoms with van der Waals surface area (Å²) in [5.41, 5.74) is 2.10. The van der Waals surface area contributed by atoms with Crippen molar-refractivity contribution < 1.29 is 4.92 Å². The first kappa shape index (κ1) is 17.6. The van der Waals surface area contributed by atoms with Crippen molar-refractivity contribution in [3.8, 4) is 0 Å². The van der Waals surface area contributed by atoms with Crippen LogP contribution >= 0.6 is 22.9 Å². The van der Waals surface area contributed by atoms with Crippen molar-refractivity contribution in [3.05, 3.63) is 50.1 Å². The fraction of sp³-hybridized carbons (Fsp3) is 0.368. The van der Waals surface area contributed by atoms with E-state index < -0.39 is 0 Å².